The van der Waals surface area contributed by atoms with E-state index < -0.39 is 39.1 Å². The van der Waals surface area contributed by atoms with Crippen LogP contribution in [0.3, 0.4) is 0 Å². The highest BCUT2D eigenvalue weighted by atomic mass is 16.6. The summed E-state index contributed by atoms with van der Waals surface area (Å²) in [6.07, 6.45) is -0.516. The Balaban J connectivity index is 3.08. The molecule has 1 aromatic rings. The Morgan fingerprint density at radius 1 is 1.23 bits per heavy atom. The van der Waals surface area contributed by atoms with Crippen molar-refractivity contribution in [2.45, 2.75) is 18.9 Å². The molecule has 1 amide bonds. The van der Waals surface area contributed by atoms with Crippen LogP contribution in [-0.2, 0) is 9.59 Å². The predicted molar refractivity (Wildman–Crippen MR) is 70.6 cm³/mol. The molecule has 0 saturated carbocycles. The summed E-state index contributed by atoms with van der Waals surface area (Å²) in [5.74, 6) is -2.33. The van der Waals surface area contributed by atoms with E-state index >= 15 is 0 Å². The molecular weight excluding hydrogens is 300 g/mol. The number of nitrogens with zero attached hydrogens (tertiary/aromatic N) is 2. The first-order chi connectivity index (χ1) is 10.2. The molecular formula is C11H11N4O7-. The molecule has 1 rings (SSSR count). The van der Waals surface area contributed by atoms with Crippen molar-refractivity contribution in [1.29, 1.82) is 0 Å². The fourth-order valence-electron chi connectivity index (χ4n) is 1.63. The second kappa shape index (κ2) is 6.97. The average Bonchev–Trinajstić information content (AvgIpc) is 2.42. The monoisotopic (exact) mass is 311 g/mol. The first kappa shape index (κ1) is 16.8. The molecule has 0 bridgehead atoms. The summed E-state index contributed by atoms with van der Waals surface area (Å²) in [4.78, 5) is 41.4. The molecule has 22 heavy (non-hydrogen) atoms. The van der Waals surface area contributed by atoms with Gasteiger partial charge < -0.3 is 21.0 Å². The molecule has 0 aliphatic carbocycles. The van der Waals surface area contributed by atoms with E-state index in [9.17, 15) is 34.9 Å². The number of hydrogen-bond donors (Lipinski definition) is 2. The number of aliphatic carboxylic acids is 1. The Labute approximate surface area is 123 Å². The standard InChI is InChI=1S/C11H12N4O7/c12-10(16)4-3-8(11(17)18)13-7-2-1-6(14(19)20)5-9(7)15(21)22/h1-2,5,8,13H,3-4H2,(H2,12,16)(H,17,18)/p-1. The van der Waals surface area contributed by atoms with Gasteiger partial charge in [-0.1, -0.05) is 0 Å². The molecule has 11 heteroatoms. The van der Waals surface area contributed by atoms with Crippen molar-refractivity contribution in [1.82, 2.24) is 0 Å². The van der Waals surface area contributed by atoms with E-state index in [1.54, 1.807) is 0 Å². The molecule has 0 aliphatic heterocycles. The van der Waals surface area contributed by atoms with E-state index in [-0.39, 0.29) is 18.5 Å². The van der Waals surface area contributed by atoms with Gasteiger partial charge in [-0.3, -0.25) is 25.0 Å². The van der Waals surface area contributed by atoms with Gasteiger partial charge in [0.25, 0.3) is 11.4 Å². The van der Waals surface area contributed by atoms with Crippen LogP contribution in [0.2, 0.25) is 0 Å². The number of carbonyl (C=O) groups excluding carboxylic acids is 2. The molecule has 0 spiro atoms. The molecule has 0 heterocycles. The minimum Gasteiger partial charge on any atom is -0.548 e. The van der Waals surface area contributed by atoms with Crippen LogP contribution in [-0.4, -0.2) is 27.8 Å². The Kier molecular flexibility index (Phi) is 5.32. The van der Waals surface area contributed by atoms with Crippen molar-refractivity contribution in [2.75, 3.05) is 5.32 Å². The van der Waals surface area contributed by atoms with Gasteiger partial charge in [-0.2, -0.15) is 0 Å². The van der Waals surface area contributed by atoms with E-state index in [2.05, 4.69) is 5.32 Å². The van der Waals surface area contributed by atoms with Crippen LogP contribution in [0, 0.1) is 20.2 Å². The number of nitro groups is 2. The maximum atomic E-state index is 11.0. The SMILES string of the molecule is NC(=O)CCC(Nc1ccc([N+](=O)[O-])cc1[N+](=O)[O-])C(=O)[O-]. The van der Waals surface area contributed by atoms with Crippen molar-refractivity contribution in [3.63, 3.8) is 0 Å². The first-order valence-electron chi connectivity index (χ1n) is 5.91. The third-order valence-corrected chi connectivity index (χ3v) is 2.68. The number of rotatable bonds is 8. The van der Waals surface area contributed by atoms with Crippen LogP contribution >= 0.6 is 0 Å². The molecule has 118 valence electrons. The first-order valence-corrected chi connectivity index (χ1v) is 5.91. The van der Waals surface area contributed by atoms with Crippen LogP contribution in [0.25, 0.3) is 0 Å². The maximum Gasteiger partial charge on any atom is 0.299 e. The lowest BCUT2D eigenvalue weighted by molar-refractivity contribution is -0.393. The number of primary amides is 1. The van der Waals surface area contributed by atoms with Gasteiger partial charge in [-0.05, 0) is 12.5 Å². The third kappa shape index (κ3) is 4.40. The fraction of sp³-hybridized carbons (Fsp3) is 0.273. The highest BCUT2D eigenvalue weighted by Crippen LogP contribution is 2.29. The zero-order chi connectivity index (χ0) is 16.9. The number of amides is 1. The number of hydrogen-bond acceptors (Lipinski definition) is 8. The number of nitro benzene ring substituents is 2. The van der Waals surface area contributed by atoms with Crippen LogP contribution in [0.15, 0.2) is 18.2 Å². The second-order valence-electron chi connectivity index (χ2n) is 4.24. The van der Waals surface area contributed by atoms with Crippen molar-refractivity contribution in [2.24, 2.45) is 5.73 Å². The average molecular weight is 311 g/mol. The molecule has 0 radical (unpaired) electrons. The molecule has 1 atom stereocenters. The quantitative estimate of drug-likeness (QED) is 0.466. The highest BCUT2D eigenvalue weighted by Gasteiger charge is 2.22. The Morgan fingerprint density at radius 3 is 2.32 bits per heavy atom. The molecule has 11 nitrogen and oxygen atoms in total. The number of nitrogens with two attached hydrogens (primary N) is 1. The van der Waals surface area contributed by atoms with E-state index in [0.717, 1.165) is 12.1 Å². The van der Waals surface area contributed by atoms with E-state index in [1.165, 1.54) is 0 Å². The summed E-state index contributed by atoms with van der Waals surface area (Å²) in [5.41, 5.74) is 3.48. The molecule has 3 N–H and O–H groups in total. The summed E-state index contributed by atoms with van der Waals surface area (Å²) in [5, 5.41) is 34.8. The number of anilines is 1. The predicted octanol–water partition coefficient (Wildman–Crippen LogP) is -0.701. The highest BCUT2D eigenvalue weighted by molar-refractivity contribution is 5.80. The Bertz CT molecular complexity index is 631. The molecule has 1 aromatic carbocycles. The molecule has 0 saturated heterocycles. The van der Waals surface area contributed by atoms with Gasteiger partial charge in [0.15, 0.2) is 0 Å². The minimum absolute atomic E-state index is 0.241. The van der Waals surface area contributed by atoms with Gasteiger partial charge in [0.2, 0.25) is 5.91 Å². The fourth-order valence-corrected chi connectivity index (χ4v) is 1.63. The van der Waals surface area contributed by atoms with Crippen LogP contribution < -0.4 is 16.2 Å². The summed E-state index contributed by atoms with van der Waals surface area (Å²) in [7, 11) is 0. The van der Waals surface area contributed by atoms with Crippen LogP contribution in [0.5, 0.6) is 0 Å². The number of carbonyl (C=O) groups is 2. The number of carboxylic acids is 1. The maximum absolute atomic E-state index is 11.0. The summed E-state index contributed by atoms with van der Waals surface area (Å²) < 4.78 is 0. The summed E-state index contributed by atoms with van der Waals surface area (Å²) in [6.45, 7) is 0. The van der Waals surface area contributed by atoms with Gasteiger partial charge in [-0.15, -0.1) is 0 Å². The number of nitrogens with one attached hydrogen (secondary N) is 1. The smallest absolute Gasteiger partial charge is 0.299 e. The number of carboxylic acid groups (broad SMARTS) is 1. The molecule has 1 unspecified atom stereocenters. The lowest BCUT2D eigenvalue weighted by atomic mass is 10.1. The van der Waals surface area contributed by atoms with Crippen LogP contribution in [0.1, 0.15) is 12.8 Å². The summed E-state index contributed by atoms with van der Waals surface area (Å²) in [6, 6.07) is 1.28. The van der Waals surface area contributed by atoms with Gasteiger partial charge in [0, 0.05) is 12.5 Å². The lowest BCUT2D eigenvalue weighted by Crippen LogP contribution is -2.41. The van der Waals surface area contributed by atoms with Gasteiger partial charge in [0.1, 0.15) is 5.69 Å². The summed E-state index contributed by atoms with van der Waals surface area (Å²) >= 11 is 0. The second-order valence-corrected chi connectivity index (χ2v) is 4.24. The van der Waals surface area contributed by atoms with Crippen molar-refractivity contribution >= 4 is 28.9 Å². The molecule has 0 aromatic heterocycles. The lowest BCUT2D eigenvalue weighted by Gasteiger charge is -2.20. The van der Waals surface area contributed by atoms with E-state index in [0.29, 0.717) is 6.07 Å². The van der Waals surface area contributed by atoms with Gasteiger partial charge >= 0.3 is 0 Å². The molecule has 0 fully saturated rings. The van der Waals surface area contributed by atoms with E-state index in [4.69, 9.17) is 5.73 Å². The Hall–Kier alpha value is -3.24. The number of benzene rings is 1. The third-order valence-electron chi connectivity index (χ3n) is 2.68. The van der Waals surface area contributed by atoms with Gasteiger partial charge in [0.05, 0.1) is 27.9 Å². The number of non-ortho nitro benzene ring substituents is 1. The van der Waals surface area contributed by atoms with Crippen molar-refractivity contribution in [3.05, 3.63) is 38.4 Å². The van der Waals surface area contributed by atoms with Crippen molar-refractivity contribution < 1.29 is 24.5 Å². The van der Waals surface area contributed by atoms with Crippen molar-refractivity contribution in [3.8, 4) is 0 Å². The Morgan fingerprint density at radius 2 is 1.86 bits per heavy atom. The minimum atomic E-state index is -1.59. The normalized spacial score (nSPS) is 11.5. The zero-order valence-electron chi connectivity index (χ0n) is 11.1. The topological polar surface area (TPSA) is 182 Å². The largest absolute Gasteiger partial charge is 0.548 e. The molecule has 0 aliphatic rings. The van der Waals surface area contributed by atoms with Gasteiger partial charge in [-0.25, -0.2) is 0 Å². The van der Waals surface area contributed by atoms with Crippen LogP contribution in [0.4, 0.5) is 17.1 Å². The zero-order valence-corrected chi connectivity index (χ0v) is 11.1. The van der Waals surface area contributed by atoms with E-state index in [1.807, 2.05) is 0 Å².